The van der Waals surface area contributed by atoms with Crippen LogP contribution < -0.4 is 4.74 Å². The second-order valence-electron chi connectivity index (χ2n) is 5.57. The third-order valence-electron chi connectivity index (χ3n) is 3.92. The van der Waals surface area contributed by atoms with Crippen LogP contribution in [0.1, 0.15) is 25.8 Å². The molecule has 0 heterocycles. The van der Waals surface area contributed by atoms with E-state index in [2.05, 4.69) is 12.1 Å². The number of hydrogen-bond donors (Lipinski definition) is 1. The lowest BCUT2D eigenvalue weighted by Crippen LogP contribution is -2.56. The van der Waals surface area contributed by atoms with Gasteiger partial charge in [0.15, 0.2) is 0 Å². The van der Waals surface area contributed by atoms with Crippen molar-refractivity contribution in [3.05, 3.63) is 29.8 Å². The summed E-state index contributed by atoms with van der Waals surface area (Å²) < 4.78 is 11.0. The van der Waals surface area contributed by atoms with Gasteiger partial charge in [0.05, 0.1) is 12.7 Å². The second-order valence-corrected chi connectivity index (χ2v) is 5.57. The summed E-state index contributed by atoms with van der Waals surface area (Å²) in [4.78, 5) is 0. The Morgan fingerprint density at radius 3 is 2.44 bits per heavy atom. The zero-order valence-electron chi connectivity index (χ0n) is 11.3. The normalized spacial score (nSPS) is 25.6. The number of benzene rings is 1. The predicted molar refractivity (Wildman–Crippen MR) is 70.8 cm³/mol. The Hall–Kier alpha value is -1.06. The van der Waals surface area contributed by atoms with E-state index in [9.17, 15) is 5.11 Å². The zero-order valence-corrected chi connectivity index (χ0v) is 11.3. The average Bonchev–Trinajstić information content (AvgIpc) is 2.37. The van der Waals surface area contributed by atoms with Crippen molar-refractivity contribution in [2.75, 3.05) is 13.7 Å². The molecule has 18 heavy (non-hydrogen) atoms. The number of hydrogen-bond acceptors (Lipinski definition) is 3. The van der Waals surface area contributed by atoms with Gasteiger partial charge < -0.3 is 14.6 Å². The van der Waals surface area contributed by atoms with Gasteiger partial charge in [-0.15, -0.1) is 0 Å². The van der Waals surface area contributed by atoms with Crippen molar-refractivity contribution < 1.29 is 14.6 Å². The van der Waals surface area contributed by atoms with E-state index in [-0.39, 0.29) is 17.6 Å². The quantitative estimate of drug-likeness (QED) is 0.872. The fourth-order valence-corrected chi connectivity index (χ4v) is 2.18. The fraction of sp³-hybridized carbons (Fsp3) is 0.600. The van der Waals surface area contributed by atoms with Gasteiger partial charge in [0.25, 0.3) is 0 Å². The third-order valence-corrected chi connectivity index (χ3v) is 3.92. The number of rotatable bonds is 5. The van der Waals surface area contributed by atoms with Crippen molar-refractivity contribution in [2.45, 2.75) is 38.9 Å². The molecule has 0 radical (unpaired) electrons. The summed E-state index contributed by atoms with van der Waals surface area (Å²) >= 11 is 0. The molecule has 3 heteroatoms. The summed E-state index contributed by atoms with van der Waals surface area (Å²) in [5.41, 5.74) is 1.10. The van der Waals surface area contributed by atoms with Crippen molar-refractivity contribution in [3.63, 3.8) is 0 Å². The highest BCUT2D eigenvalue weighted by atomic mass is 16.5. The fourth-order valence-electron chi connectivity index (χ4n) is 2.18. The topological polar surface area (TPSA) is 38.7 Å². The molecule has 1 aliphatic rings. The highest BCUT2D eigenvalue weighted by Gasteiger charge is 2.49. The van der Waals surface area contributed by atoms with Gasteiger partial charge in [0, 0.05) is 18.9 Å². The van der Waals surface area contributed by atoms with Gasteiger partial charge in [-0.25, -0.2) is 0 Å². The number of ether oxygens (including phenoxy) is 2. The molecule has 1 aromatic rings. The maximum Gasteiger partial charge on any atom is 0.119 e. The molecule has 100 valence electrons. The summed E-state index contributed by atoms with van der Waals surface area (Å²) in [6.07, 6.45) is 1.50. The van der Waals surface area contributed by atoms with Crippen LogP contribution in [0.3, 0.4) is 0 Å². The molecule has 0 amide bonds. The number of aliphatic hydroxyl groups excluding tert-OH is 1. The van der Waals surface area contributed by atoms with E-state index in [0.717, 1.165) is 25.2 Å². The molecular weight excluding hydrogens is 228 g/mol. The van der Waals surface area contributed by atoms with Crippen LogP contribution in [0, 0.1) is 5.41 Å². The Morgan fingerprint density at radius 2 is 1.94 bits per heavy atom. The lowest BCUT2D eigenvalue weighted by atomic mass is 9.66. The van der Waals surface area contributed by atoms with Gasteiger partial charge >= 0.3 is 0 Å². The molecule has 0 spiro atoms. The van der Waals surface area contributed by atoms with Crippen LogP contribution in [0.4, 0.5) is 0 Å². The van der Waals surface area contributed by atoms with Crippen LogP contribution in [-0.4, -0.2) is 31.0 Å². The van der Waals surface area contributed by atoms with E-state index in [1.54, 1.807) is 7.11 Å². The van der Waals surface area contributed by atoms with Gasteiger partial charge in [-0.1, -0.05) is 26.0 Å². The first-order valence-corrected chi connectivity index (χ1v) is 6.46. The Bertz CT molecular complexity index is 383. The van der Waals surface area contributed by atoms with Crippen LogP contribution >= 0.6 is 0 Å². The average molecular weight is 250 g/mol. The lowest BCUT2D eigenvalue weighted by Gasteiger charge is -2.48. The maximum absolute atomic E-state index is 9.67. The first kappa shape index (κ1) is 13.4. The smallest absolute Gasteiger partial charge is 0.119 e. The van der Waals surface area contributed by atoms with Gasteiger partial charge in [0.2, 0.25) is 0 Å². The minimum atomic E-state index is -0.247. The molecule has 3 nitrogen and oxygen atoms in total. The molecule has 0 bridgehead atoms. The molecule has 1 N–H and O–H groups in total. The summed E-state index contributed by atoms with van der Waals surface area (Å²) in [5, 5.41) is 9.67. The second kappa shape index (κ2) is 5.29. The van der Waals surface area contributed by atoms with Crippen LogP contribution in [0.25, 0.3) is 0 Å². The van der Waals surface area contributed by atoms with Crippen LogP contribution in [0.15, 0.2) is 24.3 Å². The van der Waals surface area contributed by atoms with E-state index in [4.69, 9.17) is 9.47 Å². The molecule has 0 aromatic heterocycles. The van der Waals surface area contributed by atoms with E-state index < -0.39 is 0 Å². The highest BCUT2D eigenvalue weighted by Crippen LogP contribution is 2.42. The first-order valence-electron chi connectivity index (χ1n) is 6.46. The first-order chi connectivity index (χ1) is 8.54. The van der Waals surface area contributed by atoms with E-state index in [1.807, 2.05) is 26.0 Å². The minimum Gasteiger partial charge on any atom is -0.490 e. The summed E-state index contributed by atoms with van der Waals surface area (Å²) in [6, 6.07) is 8.12. The van der Waals surface area contributed by atoms with Crippen LogP contribution in [0.5, 0.6) is 5.75 Å². The van der Waals surface area contributed by atoms with Crippen molar-refractivity contribution in [2.24, 2.45) is 5.41 Å². The standard InChI is InChI=1S/C15H22O3/c1-15(2)13(16)10-14(15)18-12-6-4-11(5-7-12)8-9-17-3/h4-7,13-14,16H,8-10H2,1-3H3. The Labute approximate surface area is 109 Å². The Morgan fingerprint density at radius 1 is 1.28 bits per heavy atom. The lowest BCUT2D eigenvalue weighted by molar-refractivity contribution is -0.134. The maximum atomic E-state index is 9.67. The molecule has 1 fully saturated rings. The molecule has 0 saturated heterocycles. The molecule has 1 aliphatic carbocycles. The SMILES string of the molecule is COCCc1ccc(OC2CC(O)C2(C)C)cc1. The van der Waals surface area contributed by atoms with E-state index in [1.165, 1.54) is 5.56 Å². The molecule has 1 aromatic carbocycles. The zero-order chi connectivity index (χ0) is 13.2. The molecule has 0 aliphatic heterocycles. The van der Waals surface area contributed by atoms with Crippen molar-refractivity contribution in [1.82, 2.24) is 0 Å². The highest BCUT2D eigenvalue weighted by molar-refractivity contribution is 5.28. The molecule has 1 saturated carbocycles. The Balaban J connectivity index is 1.91. The largest absolute Gasteiger partial charge is 0.490 e. The predicted octanol–water partition coefficient (Wildman–Crippen LogP) is 2.41. The van der Waals surface area contributed by atoms with E-state index in [0.29, 0.717) is 0 Å². The van der Waals surface area contributed by atoms with Crippen molar-refractivity contribution in [1.29, 1.82) is 0 Å². The molecular formula is C15H22O3. The molecule has 2 atom stereocenters. The molecule has 2 rings (SSSR count). The van der Waals surface area contributed by atoms with Crippen molar-refractivity contribution in [3.8, 4) is 5.75 Å². The number of aliphatic hydroxyl groups is 1. The summed E-state index contributed by atoms with van der Waals surface area (Å²) in [7, 11) is 1.71. The summed E-state index contributed by atoms with van der Waals surface area (Å²) in [5.74, 6) is 0.876. The van der Waals surface area contributed by atoms with Gasteiger partial charge in [0.1, 0.15) is 11.9 Å². The number of methoxy groups -OCH3 is 1. The van der Waals surface area contributed by atoms with Gasteiger partial charge in [-0.2, -0.15) is 0 Å². The minimum absolute atomic E-state index is 0.109. The monoisotopic (exact) mass is 250 g/mol. The Kier molecular flexibility index (Phi) is 3.93. The van der Waals surface area contributed by atoms with Gasteiger partial charge in [-0.05, 0) is 24.1 Å². The van der Waals surface area contributed by atoms with E-state index >= 15 is 0 Å². The van der Waals surface area contributed by atoms with Crippen LogP contribution in [0.2, 0.25) is 0 Å². The summed E-state index contributed by atoms with van der Waals surface area (Å²) in [6.45, 7) is 4.82. The van der Waals surface area contributed by atoms with Gasteiger partial charge in [-0.3, -0.25) is 0 Å². The van der Waals surface area contributed by atoms with Crippen LogP contribution in [-0.2, 0) is 11.2 Å². The third kappa shape index (κ3) is 2.68. The van der Waals surface area contributed by atoms with Crippen molar-refractivity contribution >= 4 is 0 Å². The molecule has 2 unspecified atom stereocenters.